The van der Waals surface area contributed by atoms with E-state index in [1.54, 1.807) is 16.8 Å². The Hall–Kier alpha value is -3.11. The molecule has 0 bridgehead atoms. The molecule has 10 heteroatoms. The van der Waals surface area contributed by atoms with Gasteiger partial charge in [-0.2, -0.15) is 13.2 Å². The van der Waals surface area contributed by atoms with Gasteiger partial charge in [0.05, 0.1) is 22.2 Å². The highest BCUT2D eigenvalue weighted by Gasteiger charge is 2.30. The fraction of sp³-hybridized carbons (Fsp3) is 0.105. The van der Waals surface area contributed by atoms with Crippen LogP contribution in [-0.4, -0.2) is 25.0 Å². The molecule has 0 fully saturated rings. The molecule has 1 N–H and O–H groups in total. The van der Waals surface area contributed by atoms with Crippen molar-refractivity contribution in [2.75, 3.05) is 7.05 Å². The van der Waals surface area contributed by atoms with Gasteiger partial charge < -0.3 is 8.98 Å². The zero-order chi connectivity index (χ0) is 20.8. The Kier molecular flexibility index (Phi) is 4.47. The molecule has 0 aliphatic heterocycles. The number of alkyl halides is 3. The predicted molar refractivity (Wildman–Crippen MR) is 100 cm³/mol. The largest absolute Gasteiger partial charge is 0.443 e. The Bertz CT molecular complexity index is 1280. The summed E-state index contributed by atoms with van der Waals surface area (Å²) in [6.45, 7) is 0. The molecule has 2 aromatic heterocycles. The summed E-state index contributed by atoms with van der Waals surface area (Å²) in [4.78, 5) is 3.94. The smallest absolute Gasteiger partial charge is 0.416 e. The van der Waals surface area contributed by atoms with E-state index in [0.717, 1.165) is 12.1 Å². The molecule has 0 amide bonds. The van der Waals surface area contributed by atoms with Crippen LogP contribution in [0.2, 0.25) is 0 Å². The molecular formula is C19H14F3N3O3S. The van der Waals surface area contributed by atoms with E-state index < -0.39 is 21.8 Å². The summed E-state index contributed by atoms with van der Waals surface area (Å²) < 4.78 is 72.3. The average molecular weight is 421 g/mol. The van der Waals surface area contributed by atoms with Crippen LogP contribution < -0.4 is 4.72 Å². The molecule has 0 aliphatic carbocycles. The molecule has 0 saturated heterocycles. The summed E-state index contributed by atoms with van der Waals surface area (Å²) in [5.41, 5.74) is 0.894. The van der Waals surface area contributed by atoms with E-state index in [1.807, 2.05) is 0 Å². The van der Waals surface area contributed by atoms with Gasteiger partial charge >= 0.3 is 6.18 Å². The number of hydrogen-bond acceptors (Lipinski definition) is 4. The number of fused-ring (bicyclic) bond motifs is 1. The quantitative estimate of drug-likeness (QED) is 0.536. The van der Waals surface area contributed by atoms with Crippen molar-refractivity contribution in [1.82, 2.24) is 14.3 Å². The van der Waals surface area contributed by atoms with Crippen LogP contribution in [0.3, 0.4) is 0 Å². The minimum absolute atomic E-state index is 0.0541. The average Bonchev–Trinajstić information content (AvgIpc) is 3.34. The molecule has 150 valence electrons. The van der Waals surface area contributed by atoms with Crippen LogP contribution in [0.25, 0.3) is 27.9 Å². The molecule has 0 aliphatic rings. The highest BCUT2D eigenvalue weighted by molar-refractivity contribution is 7.89. The minimum Gasteiger partial charge on any atom is -0.443 e. The second-order valence-corrected chi connectivity index (χ2v) is 8.10. The maximum atomic E-state index is 12.9. The molecule has 0 atom stereocenters. The van der Waals surface area contributed by atoms with Crippen LogP contribution in [0.15, 0.2) is 70.6 Å². The number of rotatable bonds is 4. The highest BCUT2D eigenvalue weighted by Crippen LogP contribution is 2.35. The van der Waals surface area contributed by atoms with Crippen LogP contribution in [0, 0.1) is 0 Å². The Morgan fingerprint density at radius 3 is 2.41 bits per heavy atom. The summed E-state index contributed by atoms with van der Waals surface area (Å²) in [5, 5.41) is 0.554. The predicted octanol–water partition coefficient (Wildman–Crippen LogP) is 4.21. The summed E-state index contributed by atoms with van der Waals surface area (Å²) >= 11 is 0. The summed E-state index contributed by atoms with van der Waals surface area (Å²) in [6, 6.07) is 9.20. The number of hydrogen-bond donors (Lipinski definition) is 1. The SMILES string of the molecule is CNS(=O)(=O)c1ccc2c(c1)c(-c1cnco1)cn2-c1ccc(C(F)(F)F)cc1. The normalized spacial score (nSPS) is 12.6. The van der Waals surface area contributed by atoms with Gasteiger partial charge in [-0.1, -0.05) is 0 Å². The van der Waals surface area contributed by atoms with Crippen molar-refractivity contribution in [1.29, 1.82) is 0 Å². The molecule has 0 radical (unpaired) electrons. The first-order valence-electron chi connectivity index (χ1n) is 8.36. The molecule has 4 aromatic rings. The molecule has 0 saturated carbocycles. The van der Waals surface area contributed by atoms with Crippen molar-refractivity contribution in [3.8, 4) is 17.0 Å². The van der Waals surface area contributed by atoms with Gasteiger partial charge in [0.25, 0.3) is 0 Å². The van der Waals surface area contributed by atoms with Gasteiger partial charge in [0.2, 0.25) is 10.0 Å². The van der Waals surface area contributed by atoms with Crippen LogP contribution in [0.1, 0.15) is 5.56 Å². The number of sulfonamides is 1. The Morgan fingerprint density at radius 1 is 1.10 bits per heavy atom. The lowest BCUT2D eigenvalue weighted by atomic mass is 10.1. The third-order valence-electron chi connectivity index (χ3n) is 4.53. The number of halogens is 3. The van der Waals surface area contributed by atoms with Gasteiger partial charge in [-0.15, -0.1) is 0 Å². The van der Waals surface area contributed by atoms with Crippen LogP contribution >= 0.6 is 0 Å². The van der Waals surface area contributed by atoms with Gasteiger partial charge in [-0.3, -0.25) is 0 Å². The first-order valence-corrected chi connectivity index (χ1v) is 9.84. The second kappa shape index (κ2) is 6.75. The van der Waals surface area contributed by atoms with E-state index >= 15 is 0 Å². The lowest BCUT2D eigenvalue weighted by Gasteiger charge is -2.09. The van der Waals surface area contributed by atoms with Crippen molar-refractivity contribution in [2.24, 2.45) is 0 Å². The molecule has 29 heavy (non-hydrogen) atoms. The Labute approximate surface area is 163 Å². The first-order chi connectivity index (χ1) is 13.7. The van der Waals surface area contributed by atoms with E-state index in [4.69, 9.17) is 4.42 Å². The molecule has 2 aromatic carbocycles. The molecule has 0 unspecified atom stereocenters. The first kappa shape index (κ1) is 19.2. The molecule has 2 heterocycles. The Morgan fingerprint density at radius 2 is 1.83 bits per heavy atom. The number of benzene rings is 2. The van der Waals surface area contributed by atoms with E-state index in [1.165, 1.54) is 43.9 Å². The van der Waals surface area contributed by atoms with Crippen molar-refractivity contribution in [3.63, 3.8) is 0 Å². The van der Waals surface area contributed by atoms with Crippen molar-refractivity contribution >= 4 is 20.9 Å². The molecule has 6 nitrogen and oxygen atoms in total. The zero-order valence-electron chi connectivity index (χ0n) is 14.9. The summed E-state index contributed by atoms with van der Waals surface area (Å²) in [6.07, 6.45) is -0.0435. The number of nitrogens with one attached hydrogen (secondary N) is 1. The number of nitrogens with zero attached hydrogens (tertiary/aromatic N) is 2. The summed E-state index contributed by atoms with van der Waals surface area (Å²) in [7, 11) is -2.37. The van der Waals surface area contributed by atoms with Gasteiger partial charge in [0, 0.05) is 22.8 Å². The zero-order valence-corrected chi connectivity index (χ0v) is 15.8. The van der Waals surface area contributed by atoms with Crippen LogP contribution in [-0.2, 0) is 16.2 Å². The van der Waals surface area contributed by atoms with E-state index in [9.17, 15) is 21.6 Å². The topological polar surface area (TPSA) is 77.1 Å². The fourth-order valence-corrected chi connectivity index (χ4v) is 3.82. The highest BCUT2D eigenvalue weighted by atomic mass is 32.2. The van der Waals surface area contributed by atoms with E-state index in [0.29, 0.717) is 27.9 Å². The lowest BCUT2D eigenvalue weighted by Crippen LogP contribution is -2.18. The van der Waals surface area contributed by atoms with Crippen LogP contribution in [0.4, 0.5) is 13.2 Å². The lowest BCUT2D eigenvalue weighted by molar-refractivity contribution is -0.137. The minimum atomic E-state index is -4.43. The fourth-order valence-electron chi connectivity index (χ4n) is 3.06. The monoisotopic (exact) mass is 421 g/mol. The van der Waals surface area contributed by atoms with Crippen molar-refractivity contribution in [2.45, 2.75) is 11.1 Å². The number of aromatic nitrogens is 2. The maximum Gasteiger partial charge on any atom is 0.416 e. The van der Waals surface area contributed by atoms with Crippen molar-refractivity contribution < 1.29 is 26.0 Å². The van der Waals surface area contributed by atoms with Gasteiger partial charge in [-0.25, -0.2) is 18.1 Å². The van der Waals surface area contributed by atoms with Crippen molar-refractivity contribution in [3.05, 3.63) is 66.8 Å². The third kappa shape index (κ3) is 3.40. The third-order valence-corrected chi connectivity index (χ3v) is 5.94. The molecule has 0 spiro atoms. The van der Waals surface area contributed by atoms with Crippen LogP contribution in [0.5, 0.6) is 0 Å². The standard InChI is InChI=1S/C19H14F3N3O3S/c1-23-29(26,27)14-6-7-17-15(8-14)16(18-9-24-11-28-18)10-25(17)13-4-2-12(3-5-13)19(20,21)22/h2-11,23H,1H3. The van der Waals surface area contributed by atoms with Gasteiger partial charge in [0.1, 0.15) is 0 Å². The second-order valence-electron chi connectivity index (χ2n) is 6.21. The van der Waals surface area contributed by atoms with E-state index in [-0.39, 0.29) is 4.90 Å². The van der Waals surface area contributed by atoms with E-state index in [2.05, 4.69) is 9.71 Å². The number of oxazole rings is 1. The maximum absolute atomic E-state index is 12.9. The van der Waals surface area contributed by atoms with Gasteiger partial charge in [0.15, 0.2) is 12.2 Å². The molecular weight excluding hydrogens is 407 g/mol. The summed E-state index contributed by atoms with van der Waals surface area (Å²) in [5.74, 6) is 0.402. The Balaban J connectivity index is 1.94. The molecule has 4 rings (SSSR count). The van der Waals surface area contributed by atoms with Gasteiger partial charge in [-0.05, 0) is 49.5 Å².